The van der Waals surface area contributed by atoms with Crippen molar-refractivity contribution < 1.29 is 4.79 Å². The lowest BCUT2D eigenvalue weighted by atomic mass is 10.1. The van der Waals surface area contributed by atoms with Crippen LogP contribution in [0.4, 0.5) is 5.95 Å². The molecule has 0 radical (unpaired) electrons. The summed E-state index contributed by atoms with van der Waals surface area (Å²) in [6.45, 7) is 11.4. The molecule has 2 aliphatic heterocycles. The molecule has 2 saturated heterocycles. The highest BCUT2D eigenvalue weighted by Gasteiger charge is 2.25. The molecule has 4 rings (SSSR count). The topological polar surface area (TPSA) is 90.4 Å². The molecule has 2 aromatic heterocycles. The number of nitrogens with one attached hydrogen (secondary N) is 1. The van der Waals surface area contributed by atoms with Crippen LogP contribution in [0, 0.1) is 0 Å². The van der Waals surface area contributed by atoms with E-state index in [1.165, 1.54) is 12.8 Å². The first-order valence-electron chi connectivity index (χ1n) is 11.1. The molecule has 9 nitrogen and oxygen atoms in total. The number of hydrogen-bond donors (Lipinski definition) is 1. The van der Waals surface area contributed by atoms with Crippen LogP contribution < -0.4 is 10.5 Å². The lowest BCUT2D eigenvalue weighted by Crippen LogP contribution is -2.50. The van der Waals surface area contributed by atoms with E-state index in [4.69, 9.17) is 4.98 Å². The van der Waals surface area contributed by atoms with Crippen LogP contribution in [-0.2, 0) is 10.3 Å². The molecule has 0 aromatic carbocycles. The van der Waals surface area contributed by atoms with E-state index in [1.54, 1.807) is 10.9 Å². The number of aromatic amines is 1. The first kappa shape index (κ1) is 20.8. The van der Waals surface area contributed by atoms with Crippen LogP contribution in [0.5, 0.6) is 0 Å². The highest BCUT2D eigenvalue weighted by atomic mass is 16.2. The van der Waals surface area contributed by atoms with Gasteiger partial charge in [0.25, 0.3) is 5.56 Å². The normalized spacial score (nSPS) is 19.3. The van der Waals surface area contributed by atoms with Crippen molar-refractivity contribution in [2.75, 3.05) is 50.7 Å². The van der Waals surface area contributed by atoms with E-state index in [0.717, 1.165) is 52.1 Å². The van der Waals surface area contributed by atoms with Crippen LogP contribution in [-0.4, -0.2) is 81.3 Å². The minimum absolute atomic E-state index is 0.163. The average molecular weight is 416 g/mol. The number of nitrogens with zero attached hydrogens (tertiary/aromatic N) is 6. The van der Waals surface area contributed by atoms with Crippen molar-refractivity contribution in [1.82, 2.24) is 29.5 Å². The minimum Gasteiger partial charge on any atom is -0.342 e. The molecule has 1 amide bonds. The Bertz CT molecular complexity index is 942. The van der Waals surface area contributed by atoms with Crippen LogP contribution in [0.15, 0.2) is 11.0 Å². The van der Waals surface area contributed by atoms with E-state index in [2.05, 4.69) is 19.9 Å². The Kier molecular flexibility index (Phi) is 5.81. The van der Waals surface area contributed by atoms with Crippen LogP contribution in [0.1, 0.15) is 46.5 Å². The summed E-state index contributed by atoms with van der Waals surface area (Å²) < 4.78 is 1.80. The molecule has 0 bridgehead atoms. The lowest BCUT2D eigenvalue weighted by molar-refractivity contribution is -0.132. The Morgan fingerprint density at radius 1 is 1.03 bits per heavy atom. The number of aromatic nitrogens is 4. The molecule has 0 unspecified atom stereocenters. The van der Waals surface area contributed by atoms with E-state index >= 15 is 0 Å². The Morgan fingerprint density at radius 3 is 2.33 bits per heavy atom. The Morgan fingerprint density at radius 2 is 1.70 bits per heavy atom. The van der Waals surface area contributed by atoms with Crippen LogP contribution in [0.25, 0.3) is 11.0 Å². The molecular weight excluding hydrogens is 382 g/mol. The van der Waals surface area contributed by atoms with Gasteiger partial charge in [-0.15, -0.1) is 0 Å². The summed E-state index contributed by atoms with van der Waals surface area (Å²) in [6, 6.07) is 0. The second kappa shape index (κ2) is 8.37. The average Bonchev–Trinajstić information content (AvgIpc) is 2.96. The van der Waals surface area contributed by atoms with Crippen molar-refractivity contribution in [1.29, 1.82) is 0 Å². The quantitative estimate of drug-likeness (QED) is 0.815. The first-order valence-corrected chi connectivity index (χ1v) is 11.1. The van der Waals surface area contributed by atoms with Gasteiger partial charge in [0.15, 0.2) is 5.65 Å². The van der Waals surface area contributed by atoms with Gasteiger partial charge in [-0.3, -0.25) is 19.5 Å². The van der Waals surface area contributed by atoms with E-state index < -0.39 is 0 Å². The fourth-order valence-electron chi connectivity index (χ4n) is 4.28. The first-order chi connectivity index (χ1) is 14.3. The summed E-state index contributed by atoms with van der Waals surface area (Å²) in [4.78, 5) is 39.2. The summed E-state index contributed by atoms with van der Waals surface area (Å²) in [7, 11) is 0. The molecular formula is C21H33N7O2. The van der Waals surface area contributed by atoms with Crippen LogP contribution >= 0.6 is 0 Å². The molecule has 30 heavy (non-hydrogen) atoms. The minimum atomic E-state index is -0.258. The number of amides is 1. The summed E-state index contributed by atoms with van der Waals surface area (Å²) in [5.41, 5.74) is 0.191. The molecule has 2 fully saturated rings. The van der Waals surface area contributed by atoms with Gasteiger partial charge >= 0.3 is 0 Å². The number of likely N-dealkylation sites (tertiary alicyclic amines) is 1. The summed E-state index contributed by atoms with van der Waals surface area (Å²) in [5.74, 6) is 0.823. The number of anilines is 1. The molecule has 9 heteroatoms. The maximum absolute atomic E-state index is 12.7. The molecule has 0 saturated carbocycles. The fraction of sp³-hybridized carbons (Fsp3) is 0.714. The number of carbonyl (C=O) groups excluding carboxylic acids is 1. The highest BCUT2D eigenvalue weighted by Crippen LogP contribution is 2.20. The number of piperazine rings is 1. The predicted molar refractivity (Wildman–Crippen MR) is 117 cm³/mol. The highest BCUT2D eigenvalue weighted by molar-refractivity contribution is 5.78. The maximum atomic E-state index is 12.7. The van der Waals surface area contributed by atoms with Gasteiger partial charge in [0.1, 0.15) is 5.39 Å². The van der Waals surface area contributed by atoms with E-state index in [9.17, 15) is 9.59 Å². The third kappa shape index (κ3) is 4.35. The van der Waals surface area contributed by atoms with Crippen LogP contribution in [0.2, 0.25) is 0 Å². The molecule has 0 aliphatic carbocycles. The van der Waals surface area contributed by atoms with Gasteiger partial charge in [-0.2, -0.15) is 10.1 Å². The summed E-state index contributed by atoms with van der Waals surface area (Å²) >= 11 is 0. The third-order valence-electron chi connectivity index (χ3n) is 6.05. The van der Waals surface area contributed by atoms with Crippen molar-refractivity contribution >= 4 is 22.9 Å². The number of fused-ring (bicyclic) bond motifs is 1. The molecule has 164 valence electrons. The summed E-state index contributed by atoms with van der Waals surface area (Å²) in [5, 5.41) is 4.88. The largest absolute Gasteiger partial charge is 0.342 e. The van der Waals surface area contributed by atoms with Gasteiger partial charge < -0.3 is 9.80 Å². The van der Waals surface area contributed by atoms with Gasteiger partial charge in [0.2, 0.25) is 11.9 Å². The second-order valence-electron chi connectivity index (χ2n) is 9.41. The molecule has 0 spiro atoms. The third-order valence-corrected chi connectivity index (χ3v) is 6.05. The van der Waals surface area contributed by atoms with Gasteiger partial charge in [-0.1, -0.05) is 12.8 Å². The molecule has 2 aromatic rings. The summed E-state index contributed by atoms with van der Waals surface area (Å²) in [6.07, 6.45) is 6.28. The van der Waals surface area contributed by atoms with Gasteiger partial charge in [-0.25, -0.2) is 4.68 Å². The van der Waals surface area contributed by atoms with Gasteiger partial charge in [0, 0.05) is 39.3 Å². The van der Waals surface area contributed by atoms with E-state index in [-0.39, 0.29) is 17.0 Å². The number of H-pyrrole nitrogens is 1. The van der Waals surface area contributed by atoms with Crippen LogP contribution in [0.3, 0.4) is 0 Å². The monoisotopic (exact) mass is 415 g/mol. The number of carbonyl (C=O) groups is 1. The molecule has 1 N–H and O–H groups in total. The van der Waals surface area contributed by atoms with Gasteiger partial charge in [0.05, 0.1) is 18.3 Å². The molecule has 2 aliphatic rings. The Balaban J connectivity index is 1.42. The zero-order valence-electron chi connectivity index (χ0n) is 18.4. The van der Waals surface area contributed by atoms with E-state index in [1.807, 2.05) is 25.7 Å². The Hall–Kier alpha value is -2.42. The molecule has 0 atom stereocenters. The molecule has 4 heterocycles. The van der Waals surface area contributed by atoms with Crippen molar-refractivity contribution in [3.63, 3.8) is 0 Å². The lowest BCUT2D eigenvalue weighted by Gasteiger charge is -2.35. The van der Waals surface area contributed by atoms with Crippen molar-refractivity contribution in [3.05, 3.63) is 16.6 Å². The number of rotatable bonds is 3. The SMILES string of the molecule is CC(C)(C)n1ncc2c(=O)[nH]c(N3CCN(CC(=O)N4CCCCCC4)CC3)nc21. The van der Waals surface area contributed by atoms with Crippen molar-refractivity contribution in [3.8, 4) is 0 Å². The van der Waals surface area contributed by atoms with Crippen molar-refractivity contribution in [2.24, 2.45) is 0 Å². The predicted octanol–water partition coefficient (Wildman–Crippen LogP) is 1.40. The number of hydrogen-bond acceptors (Lipinski definition) is 6. The Labute approximate surface area is 177 Å². The zero-order valence-corrected chi connectivity index (χ0v) is 18.4. The van der Waals surface area contributed by atoms with Crippen molar-refractivity contribution in [2.45, 2.75) is 52.0 Å². The second-order valence-corrected chi connectivity index (χ2v) is 9.41. The van der Waals surface area contributed by atoms with E-state index in [0.29, 0.717) is 23.5 Å². The van der Waals surface area contributed by atoms with Gasteiger partial charge in [-0.05, 0) is 33.6 Å². The fourth-order valence-corrected chi connectivity index (χ4v) is 4.28. The maximum Gasteiger partial charge on any atom is 0.263 e. The standard InChI is InChI=1S/C21H33N7O2/c1-21(2,3)28-18-16(14-22-28)19(30)24-20(23-18)27-12-10-25(11-13-27)15-17(29)26-8-6-4-5-7-9-26/h14H,4-13,15H2,1-3H3,(H,23,24,30). The smallest absolute Gasteiger partial charge is 0.263 e. The zero-order chi connectivity index (χ0) is 21.3.